The quantitative estimate of drug-likeness (QED) is 0.667. The molecule has 2 amide bonds. The Morgan fingerprint density at radius 2 is 1.81 bits per heavy atom. The summed E-state index contributed by atoms with van der Waals surface area (Å²) in [5, 5.41) is 3.32. The van der Waals surface area contributed by atoms with Crippen LogP contribution >= 0.6 is 0 Å². The summed E-state index contributed by atoms with van der Waals surface area (Å²) in [4.78, 5) is 33.9. The third-order valence-corrected chi connectivity index (χ3v) is 7.22. The highest BCUT2D eigenvalue weighted by molar-refractivity contribution is 6.12. The summed E-state index contributed by atoms with van der Waals surface area (Å²) in [5.74, 6) is 0.468. The van der Waals surface area contributed by atoms with Crippen LogP contribution in [0, 0.1) is 12.8 Å². The Labute approximate surface area is 188 Å². The minimum atomic E-state index is -1.07. The van der Waals surface area contributed by atoms with Gasteiger partial charge in [0.2, 0.25) is 11.7 Å². The predicted octanol–water partition coefficient (Wildman–Crippen LogP) is 4.46. The molecule has 3 atom stereocenters. The van der Waals surface area contributed by atoms with Gasteiger partial charge in [0.05, 0.1) is 17.6 Å². The van der Waals surface area contributed by atoms with Crippen LogP contribution in [0.4, 0.5) is 5.69 Å². The molecule has 0 spiro atoms. The molecule has 1 N–H and O–H groups in total. The molecule has 1 saturated carbocycles. The van der Waals surface area contributed by atoms with Gasteiger partial charge in [-0.1, -0.05) is 49.6 Å². The predicted molar refractivity (Wildman–Crippen MR) is 126 cm³/mol. The first kappa shape index (κ1) is 20.7. The summed E-state index contributed by atoms with van der Waals surface area (Å²) >= 11 is 0. The third-order valence-electron chi connectivity index (χ3n) is 7.22. The molecule has 32 heavy (non-hydrogen) atoms. The highest BCUT2D eigenvalue weighted by Gasteiger charge is 2.50. The Hall–Kier alpha value is -3.15. The lowest BCUT2D eigenvalue weighted by atomic mass is 9.85. The zero-order valence-corrected chi connectivity index (χ0v) is 19.0. The van der Waals surface area contributed by atoms with Crippen LogP contribution in [0.3, 0.4) is 0 Å². The number of nitrogens with zero attached hydrogens (tertiary/aromatic N) is 3. The molecule has 2 heterocycles. The van der Waals surface area contributed by atoms with E-state index in [-0.39, 0.29) is 17.9 Å². The average Bonchev–Trinajstić information content (AvgIpc) is 3.15. The zero-order valence-electron chi connectivity index (χ0n) is 19.0. The molecule has 1 fully saturated rings. The van der Waals surface area contributed by atoms with Crippen LogP contribution in [0.15, 0.2) is 48.5 Å². The van der Waals surface area contributed by atoms with Crippen molar-refractivity contribution in [2.75, 3.05) is 4.90 Å². The second-order valence-corrected chi connectivity index (χ2v) is 9.60. The SMILES string of the molecule is Cc1ccc(N2C(=O)c3nc4ccccc4n3CC2(C)C(=O)NC2CCCCC2C)cc1. The first-order valence-electron chi connectivity index (χ1n) is 11.6. The number of amides is 2. The molecular weight excluding hydrogens is 400 g/mol. The number of hydrogen-bond acceptors (Lipinski definition) is 3. The van der Waals surface area contributed by atoms with Crippen LogP contribution in [-0.2, 0) is 11.3 Å². The lowest BCUT2D eigenvalue weighted by molar-refractivity contribution is -0.127. The average molecular weight is 431 g/mol. The molecule has 166 valence electrons. The Morgan fingerprint density at radius 3 is 2.56 bits per heavy atom. The standard InChI is InChI=1S/C26H30N4O2/c1-17-12-14-19(15-13-17)30-24(31)23-27-21-10-6-7-11-22(21)29(23)16-26(30,3)25(32)28-20-9-5-4-8-18(20)2/h6-7,10-15,18,20H,4-5,8-9,16H2,1-3H3,(H,28,32). The lowest BCUT2D eigenvalue weighted by Crippen LogP contribution is -2.66. The Balaban J connectivity index is 1.60. The van der Waals surface area contributed by atoms with Crippen LogP contribution < -0.4 is 10.2 Å². The number of aromatic nitrogens is 2. The molecule has 0 bridgehead atoms. The fourth-order valence-electron chi connectivity index (χ4n) is 5.23. The second kappa shape index (κ2) is 7.76. The summed E-state index contributed by atoms with van der Waals surface area (Å²) < 4.78 is 1.91. The first-order chi connectivity index (χ1) is 15.4. The molecule has 1 aromatic heterocycles. The molecule has 3 aromatic rings. The molecule has 6 nitrogen and oxygen atoms in total. The molecule has 2 aliphatic rings. The Kier molecular flexibility index (Phi) is 5.03. The fourth-order valence-corrected chi connectivity index (χ4v) is 5.23. The molecule has 5 rings (SSSR count). The molecule has 0 saturated heterocycles. The molecule has 1 aliphatic heterocycles. The summed E-state index contributed by atoms with van der Waals surface area (Å²) in [5.41, 5.74) is 2.40. The molecule has 6 heteroatoms. The van der Waals surface area contributed by atoms with Crippen molar-refractivity contribution in [3.05, 3.63) is 59.9 Å². The number of carbonyl (C=O) groups excluding carboxylic acids is 2. The number of fused-ring (bicyclic) bond motifs is 3. The van der Waals surface area contributed by atoms with Gasteiger partial charge in [-0.2, -0.15) is 0 Å². The number of benzene rings is 2. The number of rotatable bonds is 3. The van der Waals surface area contributed by atoms with Crippen molar-refractivity contribution in [3.63, 3.8) is 0 Å². The second-order valence-electron chi connectivity index (χ2n) is 9.60. The van der Waals surface area contributed by atoms with E-state index in [0.29, 0.717) is 24.0 Å². The number of hydrogen-bond donors (Lipinski definition) is 1. The van der Waals surface area contributed by atoms with Gasteiger partial charge in [-0.3, -0.25) is 14.5 Å². The molecule has 1 aliphatic carbocycles. The highest BCUT2D eigenvalue weighted by atomic mass is 16.2. The van der Waals surface area contributed by atoms with Gasteiger partial charge in [-0.15, -0.1) is 0 Å². The molecule has 0 radical (unpaired) electrons. The molecule has 2 aromatic carbocycles. The normalized spacial score (nSPS) is 25.6. The van der Waals surface area contributed by atoms with E-state index < -0.39 is 5.54 Å². The van der Waals surface area contributed by atoms with Gasteiger partial charge >= 0.3 is 0 Å². The van der Waals surface area contributed by atoms with Crippen LogP contribution in [0.1, 0.15) is 55.7 Å². The number of aryl methyl sites for hydroxylation is 1. The smallest absolute Gasteiger partial charge is 0.295 e. The van der Waals surface area contributed by atoms with E-state index in [1.807, 2.05) is 66.9 Å². The summed E-state index contributed by atoms with van der Waals surface area (Å²) in [6.07, 6.45) is 4.45. The summed E-state index contributed by atoms with van der Waals surface area (Å²) in [6.45, 7) is 6.45. The van der Waals surface area contributed by atoms with E-state index in [2.05, 4.69) is 17.2 Å². The van der Waals surface area contributed by atoms with E-state index in [1.165, 1.54) is 6.42 Å². The van der Waals surface area contributed by atoms with Crippen molar-refractivity contribution in [2.45, 2.75) is 64.6 Å². The van der Waals surface area contributed by atoms with E-state index in [4.69, 9.17) is 0 Å². The van der Waals surface area contributed by atoms with E-state index >= 15 is 0 Å². The maximum Gasteiger partial charge on any atom is 0.295 e. The maximum absolute atomic E-state index is 13.9. The van der Waals surface area contributed by atoms with Crippen LogP contribution in [-0.4, -0.2) is 32.9 Å². The van der Waals surface area contributed by atoms with Crippen molar-refractivity contribution < 1.29 is 9.59 Å². The maximum atomic E-state index is 13.9. The summed E-state index contributed by atoms with van der Waals surface area (Å²) in [6, 6.07) is 15.6. The minimum absolute atomic E-state index is 0.103. The van der Waals surface area contributed by atoms with Crippen molar-refractivity contribution in [2.24, 2.45) is 5.92 Å². The van der Waals surface area contributed by atoms with E-state index in [9.17, 15) is 9.59 Å². The monoisotopic (exact) mass is 430 g/mol. The minimum Gasteiger partial charge on any atom is -0.351 e. The van der Waals surface area contributed by atoms with Gasteiger partial charge in [0, 0.05) is 11.7 Å². The topological polar surface area (TPSA) is 67.2 Å². The number of nitrogens with one attached hydrogen (secondary N) is 1. The largest absolute Gasteiger partial charge is 0.351 e. The van der Waals surface area contributed by atoms with Gasteiger partial charge < -0.3 is 9.88 Å². The number of imidazole rings is 1. The van der Waals surface area contributed by atoms with Crippen LogP contribution in [0.25, 0.3) is 11.0 Å². The van der Waals surface area contributed by atoms with Gasteiger partial charge in [-0.05, 0) is 56.9 Å². The highest BCUT2D eigenvalue weighted by Crippen LogP contribution is 2.35. The van der Waals surface area contributed by atoms with Crippen LogP contribution in [0.2, 0.25) is 0 Å². The lowest BCUT2D eigenvalue weighted by Gasteiger charge is -2.44. The van der Waals surface area contributed by atoms with Gasteiger partial charge in [0.1, 0.15) is 5.54 Å². The number of carbonyl (C=O) groups is 2. The van der Waals surface area contributed by atoms with Gasteiger partial charge in [0.15, 0.2) is 0 Å². The summed E-state index contributed by atoms with van der Waals surface area (Å²) in [7, 11) is 0. The zero-order chi connectivity index (χ0) is 22.5. The Morgan fingerprint density at radius 1 is 1.09 bits per heavy atom. The molecule has 3 unspecified atom stereocenters. The van der Waals surface area contributed by atoms with Crippen LogP contribution in [0.5, 0.6) is 0 Å². The van der Waals surface area contributed by atoms with Crippen molar-refractivity contribution in [3.8, 4) is 0 Å². The van der Waals surface area contributed by atoms with E-state index in [1.54, 1.807) is 4.90 Å². The molecular formula is C26H30N4O2. The van der Waals surface area contributed by atoms with Gasteiger partial charge in [0.25, 0.3) is 5.91 Å². The Bertz CT molecular complexity index is 1180. The van der Waals surface area contributed by atoms with Gasteiger partial charge in [-0.25, -0.2) is 4.98 Å². The van der Waals surface area contributed by atoms with Crippen molar-refractivity contribution in [1.82, 2.24) is 14.9 Å². The van der Waals surface area contributed by atoms with Crippen molar-refractivity contribution in [1.29, 1.82) is 0 Å². The van der Waals surface area contributed by atoms with Crippen molar-refractivity contribution >= 4 is 28.5 Å². The first-order valence-corrected chi connectivity index (χ1v) is 11.6. The number of para-hydroxylation sites is 2. The third kappa shape index (κ3) is 3.29. The fraction of sp³-hybridized carbons (Fsp3) is 0.423. The van der Waals surface area contributed by atoms with E-state index in [0.717, 1.165) is 35.9 Å². The number of anilines is 1.